The summed E-state index contributed by atoms with van der Waals surface area (Å²) in [7, 11) is 1.30. The number of amides is 2. The summed E-state index contributed by atoms with van der Waals surface area (Å²) in [6.45, 7) is 2.09. The Morgan fingerprint density at radius 1 is 1.57 bits per heavy atom. The van der Waals surface area contributed by atoms with E-state index in [2.05, 4.69) is 15.5 Å². The van der Waals surface area contributed by atoms with Crippen LogP contribution >= 0.6 is 23.1 Å². The molecule has 1 aromatic rings. The number of carbonyl (C=O) groups excluding carboxylic acids is 2. The average Bonchev–Trinajstić information content (AvgIpc) is 3.15. The quantitative estimate of drug-likeness (QED) is 0.228. The van der Waals surface area contributed by atoms with Gasteiger partial charge in [-0.3, -0.25) is 14.4 Å². The van der Waals surface area contributed by atoms with Crippen molar-refractivity contribution in [3.05, 3.63) is 23.2 Å². The van der Waals surface area contributed by atoms with Crippen LogP contribution in [0.3, 0.4) is 0 Å². The molecule has 2 aliphatic heterocycles. The highest BCUT2D eigenvalue weighted by molar-refractivity contribution is 8.00. The van der Waals surface area contributed by atoms with E-state index >= 15 is 0 Å². The molecule has 3 rings (SSSR count). The molecule has 10 nitrogen and oxygen atoms in total. The Hall–Kier alpha value is -2.60. The number of nitrogens with two attached hydrogens (primary N) is 1. The van der Waals surface area contributed by atoms with Crippen LogP contribution in [0.4, 0.5) is 5.13 Å². The number of carbonyl (C=O) groups is 3. The van der Waals surface area contributed by atoms with E-state index in [0.29, 0.717) is 5.75 Å². The molecule has 2 unspecified atom stereocenters. The molecule has 2 aliphatic rings. The molecule has 0 saturated carbocycles. The highest BCUT2D eigenvalue weighted by Gasteiger charge is 2.56. The maximum atomic E-state index is 12.7. The summed E-state index contributed by atoms with van der Waals surface area (Å²) in [4.78, 5) is 47.5. The number of fused-ring (bicyclic) bond motifs is 1. The number of carboxylic acid groups (broad SMARTS) is 1. The Balaban J connectivity index is 1.70. The van der Waals surface area contributed by atoms with Crippen molar-refractivity contribution in [2.24, 2.45) is 10.6 Å². The van der Waals surface area contributed by atoms with Crippen molar-refractivity contribution < 1.29 is 24.3 Å². The molecule has 0 aromatic carbocycles. The molecule has 4 N–H and O–H groups in total. The Bertz CT molecular complexity index is 901. The molecule has 162 valence electrons. The third-order valence-electron chi connectivity index (χ3n) is 4.87. The van der Waals surface area contributed by atoms with Gasteiger partial charge in [0.1, 0.15) is 29.6 Å². The van der Waals surface area contributed by atoms with E-state index in [9.17, 15) is 19.5 Å². The monoisotopic (exact) mass is 453 g/mol. The second-order valence-corrected chi connectivity index (χ2v) is 8.96. The molecule has 3 atom stereocenters. The van der Waals surface area contributed by atoms with E-state index in [1.54, 1.807) is 11.5 Å². The number of anilines is 1. The zero-order valence-corrected chi connectivity index (χ0v) is 18.2. The lowest BCUT2D eigenvalue weighted by Gasteiger charge is -2.53. The number of unbranched alkanes of at least 4 members (excludes halogenated alkanes) is 1. The Morgan fingerprint density at radius 2 is 2.33 bits per heavy atom. The second kappa shape index (κ2) is 9.04. The molecule has 0 aliphatic carbocycles. The van der Waals surface area contributed by atoms with E-state index in [-0.39, 0.29) is 34.4 Å². The van der Waals surface area contributed by atoms with E-state index in [4.69, 9.17) is 10.6 Å². The summed E-state index contributed by atoms with van der Waals surface area (Å²) < 4.78 is 0. The van der Waals surface area contributed by atoms with E-state index < -0.39 is 23.3 Å². The number of allylic oxidation sites excluding steroid dienone is 1. The largest absolute Gasteiger partial charge is 0.481 e. The standard InChI is InChI=1S/C18H23N5O5S2/c1-3-4-5-6-18(16(26)27)8-23-14(25)12(15(23)30-9-18)21-13(24)11(22-28-2)10-7-29-17(19)20-10/h5-7,12,15H,3-4,8-9H2,1-2H3,(H2,19,20)(H,21,24)(H,26,27)/t12?,15-,18?/m1/s1. The lowest BCUT2D eigenvalue weighted by Crippen LogP contribution is -2.73. The molecule has 0 radical (unpaired) electrons. The minimum Gasteiger partial charge on any atom is -0.481 e. The van der Waals surface area contributed by atoms with Gasteiger partial charge in [-0.2, -0.15) is 0 Å². The molecule has 0 bridgehead atoms. The Labute approximate surface area is 181 Å². The molecule has 3 heterocycles. The first kappa shape index (κ1) is 22.1. The number of nitrogen functional groups attached to an aromatic ring is 1. The third kappa shape index (κ3) is 4.15. The lowest BCUT2D eigenvalue weighted by molar-refractivity contribution is -0.156. The van der Waals surface area contributed by atoms with Crippen molar-refractivity contribution in [3.8, 4) is 0 Å². The number of thiazole rings is 1. The highest BCUT2D eigenvalue weighted by Crippen LogP contribution is 2.43. The number of thioether (sulfide) groups is 1. The first-order valence-corrected chi connectivity index (χ1v) is 11.2. The van der Waals surface area contributed by atoms with Gasteiger partial charge in [-0.1, -0.05) is 30.7 Å². The van der Waals surface area contributed by atoms with E-state index in [1.165, 1.54) is 23.8 Å². The maximum Gasteiger partial charge on any atom is 0.316 e. The van der Waals surface area contributed by atoms with Crippen LogP contribution in [0.2, 0.25) is 0 Å². The first-order valence-electron chi connectivity index (χ1n) is 9.29. The number of β-lactam (4-membered cyclic amide) rings is 1. The van der Waals surface area contributed by atoms with Gasteiger partial charge < -0.3 is 25.9 Å². The fourth-order valence-electron chi connectivity index (χ4n) is 3.27. The van der Waals surface area contributed by atoms with Gasteiger partial charge in [0.05, 0.1) is 0 Å². The van der Waals surface area contributed by atoms with Crippen molar-refractivity contribution in [1.82, 2.24) is 15.2 Å². The van der Waals surface area contributed by atoms with Crippen LogP contribution in [0.25, 0.3) is 0 Å². The van der Waals surface area contributed by atoms with Crippen LogP contribution in [0.5, 0.6) is 0 Å². The smallest absolute Gasteiger partial charge is 0.316 e. The van der Waals surface area contributed by atoms with Gasteiger partial charge in [-0.05, 0) is 6.42 Å². The summed E-state index contributed by atoms with van der Waals surface area (Å²) in [6, 6.07) is -0.771. The Morgan fingerprint density at radius 3 is 2.93 bits per heavy atom. The van der Waals surface area contributed by atoms with Gasteiger partial charge in [-0.25, -0.2) is 4.98 Å². The second-order valence-electron chi connectivity index (χ2n) is 6.96. The van der Waals surface area contributed by atoms with Gasteiger partial charge >= 0.3 is 5.97 Å². The van der Waals surface area contributed by atoms with Crippen LogP contribution in [-0.4, -0.2) is 69.3 Å². The van der Waals surface area contributed by atoms with Crippen molar-refractivity contribution >= 4 is 51.7 Å². The minimum absolute atomic E-state index is 0.0764. The lowest BCUT2D eigenvalue weighted by atomic mass is 9.86. The van der Waals surface area contributed by atoms with Crippen molar-refractivity contribution in [3.63, 3.8) is 0 Å². The number of oxime groups is 1. The van der Waals surface area contributed by atoms with Crippen molar-refractivity contribution in [2.75, 3.05) is 25.1 Å². The predicted octanol–water partition coefficient (Wildman–Crippen LogP) is 0.903. The van der Waals surface area contributed by atoms with Crippen LogP contribution < -0.4 is 11.1 Å². The molecular weight excluding hydrogens is 430 g/mol. The van der Waals surface area contributed by atoms with Crippen molar-refractivity contribution in [2.45, 2.75) is 31.2 Å². The minimum atomic E-state index is -1.12. The van der Waals surface area contributed by atoms with Gasteiger partial charge in [0.15, 0.2) is 10.8 Å². The highest BCUT2D eigenvalue weighted by atomic mass is 32.2. The fourth-order valence-corrected chi connectivity index (χ4v) is 5.34. The number of hydrogen-bond acceptors (Lipinski definition) is 9. The molecule has 2 amide bonds. The number of nitrogens with one attached hydrogen (secondary N) is 1. The SMILES string of the molecule is CCCC=CC1(C(=O)O)CS[C@@H]2C(NC(=O)C(=NOC)c3csc(N)n3)C(=O)N2C1. The first-order chi connectivity index (χ1) is 14.3. The van der Waals surface area contributed by atoms with E-state index in [0.717, 1.165) is 24.2 Å². The van der Waals surface area contributed by atoms with Crippen LogP contribution in [-0.2, 0) is 19.2 Å². The third-order valence-corrected chi connectivity index (χ3v) is 7.10. The topological polar surface area (TPSA) is 147 Å². The molecule has 0 spiro atoms. The molecule has 2 fully saturated rings. The zero-order valence-electron chi connectivity index (χ0n) is 16.5. The number of nitrogens with zero attached hydrogens (tertiary/aromatic N) is 3. The number of hydrogen-bond donors (Lipinski definition) is 3. The van der Waals surface area contributed by atoms with Gasteiger partial charge in [0.25, 0.3) is 5.91 Å². The average molecular weight is 454 g/mol. The van der Waals surface area contributed by atoms with E-state index in [1.807, 2.05) is 13.0 Å². The Kier molecular flexibility index (Phi) is 6.66. The normalized spacial score (nSPS) is 26.3. The zero-order chi connectivity index (χ0) is 21.9. The summed E-state index contributed by atoms with van der Waals surface area (Å²) in [5.74, 6) is -1.59. The molecule has 1 aromatic heterocycles. The molecule has 2 saturated heterocycles. The van der Waals surface area contributed by atoms with Crippen LogP contribution in [0.1, 0.15) is 25.5 Å². The fraction of sp³-hybridized carbons (Fsp3) is 0.500. The van der Waals surface area contributed by atoms with Crippen LogP contribution in [0, 0.1) is 5.41 Å². The molecular formula is C18H23N5O5S2. The van der Waals surface area contributed by atoms with Gasteiger partial charge in [0, 0.05) is 17.7 Å². The van der Waals surface area contributed by atoms with Crippen LogP contribution in [0.15, 0.2) is 22.7 Å². The summed E-state index contributed by atoms with van der Waals surface area (Å²) in [6.07, 6.45) is 5.23. The summed E-state index contributed by atoms with van der Waals surface area (Å²) in [5.41, 5.74) is 4.66. The number of rotatable bonds is 8. The number of carboxylic acids is 1. The summed E-state index contributed by atoms with van der Waals surface area (Å²) >= 11 is 2.49. The molecule has 12 heteroatoms. The van der Waals surface area contributed by atoms with Crippen molar-refractivity contribution in [1.29, 1.82) is 0 Å². The number of aliphatic carboxylic acids is 1. The molecule has 30 heavy (non-hydrogen) atoms. The summed E-state index contributed by atoms with van der Waals surface area (Å²) in [5, 5.41) is 17.6. The predicted molar refractivity (Wildman–Crippen MR) is 114 cm³/mol. The van der Waals surface area contributed by atoms with Gasteiger partial charge in [0.2, 0.25) is 5.91 Å². The maximum absolute atomic E-state index is 12.7. The number of aromatic nitrogens is 1. The van der Waals surface area contributed by atoms with Gasteiger partial charge in [-0.15, -0.1) is 23.1 Å².